The van der Waals surface area contributed by atoms with E-state index in [0.717, 1.165) is 0 Å². The highest BCUT2D eigenvalue weighted by Crippen LogP contribution is 2.29. The van der Waals surface area contributed by atoms with Gasteiger partial charge in [-0.05, 0) is 59.7 Å². The highest BCUT2D eigenvalue weighted by atomic mass is 16.4. The Morgan fingerprint density at radius 1 is 0.500 bits per heavy atom. The molecule has 4 aromatic rings. The van der Waals surface area contributed by atoms with Gasteiger partial charge in [-0.1, -0.05) is 48.5 Å². The minimum Gasteiger partial charge on any atom is -0.478 e. The molecule has 8 nitrogen and oxygen atoms in total. The van der Waals surface area contributed by atoms with Crippen molar-refractivity contribution in [2.45, 2.75) is 0 Å². The first-order valence-corrected chi connectivity index (χ1v) is 10.8. The molecule has 0 spiro atoms. The highest BCUT2D eigenvalue weighted by molar-refractivity contribution is 6.09. The molecule has 0 atom stereocenters. The minimum absolute atomic E-state index is 0.102. The van der Waals surface area contributed by atoms with E-state index in [1.54, 1.807) is 72.8 Å². The molecule has 0 saturated heterocycles. The second-order valence-electron chi connectivity index (χ2n) is 7.77. The quantitative estimate of drug-likeness (QED) is 0.285. The van der Waals surface area contributed by atoms with E-state index in [1.165, 1.54) is 24.3 Å². The van der Waals surface area contributed by atoms with E-state index < -0.39 is 23.8 Å². The smallest absolute Gasteiger partial charge is 0.337 e. The highest BCUT2D eigenvalue weighted by Gasteiger charge is 2.18. The van der Waals surface area contributed by atoms with Gasteiger partial charge in [0.15, 0.2) is 0 Å². The minimum atomic E-state index is -1.26. The van der Waals surface area contributed by atoms with Crippen molar-refractivity contribution in [2.75, 3.05) is 10.6 Å². The first kappa shape index (κ1) is 23.9. The van der Waals surface area contributed by atoms with E-state index in [2.05, 4.69) is 10.6 Å². The largest absolute Gasteiger partial charge is 0.478 e. The van der Waals surface area contributed by atoms with Gasteiger partial charge in [0.25, 0.3) is 11.8 Å². The lowest BCUT2D eigenvalue weighted by atomic mass is 9.98. The van der Waals surface area contributed by atoms with Crippen LogP contribution in [0.2, 0.25) is 0 Å². The number of amides is 2. The third kappa shape index (κ3) is 5.28. The van der Waals surface area contributed by atoms with Gasteiger partial charge >= 0.3 is 11.9 Å². The SMILES string of the molecule is O=C(Nc1ccc(-c2ccc(NC(=O)c3ccccc3)c(C(=O)O)c2)cc1C(=O)O)c1ccccc1. The van der Waals surface area contributed by atoms with Crippen LogP contribution in [0.25, 0.3) is 11.1 Å². The van der Waals surface area contributed by atoms with Crippen LogP contribution in [0.5, 0.6) is 0 Å². The van der Waals surface area contributed by atoms with E-state index in [4.69, 9.17) is 0 Å². The number of nitrogens with one attached hydrogen (secondary N) is 2. The molecule has 0 heterocycles. The maximum Gasteiger partial charge on any atom is 0.337 e. The molecule has 4 aromatic carbocycles. The molecule has 0 bridgehead atoms. The van der Waals surface area contributed by atoms with E-state index in [-0.39, 0.29) is 22.5 Å². The van der Waals surface area contributed by atoms with Crippen molar-refractivity contribution >= 4 is 35.1 Å². The molecule has 2 amide bonds. The summed E-state index contributed by atoms with van der Waals surface area (Å²) in [5, 5.41) is 24.6. The fourth-order valence-corrected chi connectivity index (χ4v) is 3.59. The normalized spacial score (nSPS) is 10.3. The number of rotatable bonds is 7. The van der Waals surface area contributed by atoms with Crippen molar-refractivity contribution < 1.29 is 29.4 Å². The average Bonchev–Trinajstić information content (AvgIpc) is 2.90. The number of hydrogen-bond acceptors (Lipinski definition) is 4. The molecule has 0 aromatic heterocycles. The second-order valence-corrected chi connectivity index (χ2v) is 7.77. The van der Waals surface area contributed by atoms with Crippen LogP contribution in [-0.2, 0) is 0 Å². The van der Waals surface area contributed by atoms with E-state index in [1.807, 2.05) is 0 Å². The molecule has 0 radical (unpaired) electrons. The molecule has 0 aliphatic carbocycles. The van der Waals surface area contributed by atoms with Crippen LogP contribution in [0.4, 0.5) is 11.4 Å². The van der Waals surface area contributed by atoms with Crippen LogP contribution < -0.4 is 10.6 Å². The topological polar surface area (TPSA) is 133 Å². The third-order valence-corrected chi connectivity index (χ3v) is 5.40. The number of hydrogen-bond donors (Lipinski definition) is 4. The van der Waals surface area contributed by atoms with Crippen molar-refractivity contribution in [2.24, 2.45) is 0 Å². The summed E-state index contributed by atoms with van der Waals surface area (Å²) in [4.78, 5) is 48.8. The Kier molecular flexibility index (Phi) is 6.87. The van der Waals surface area contributed by atoms with Crippen molar-refractivity contribution in [3.63, 3.8) is 0 Å². The summed E-state index contributed by atoms with van der Waals surface area (Å²) >= 11 is 0. The Morgan fingerprint density at radius 3 is 1.19 bits per heavy atom. The molecule has 8 heteroatoms. The zero-order valence-electron chi connectivity index (χ0n) is 18.8. The summed E-state index contributed by atoms with van der Waals surface area (Å²) < 4.78 is 0. The lowest BCUT2D eigenvalue weighted by Crippen LogP contribution is -2.15. The molecule has 4 N–H and O–H groups in total. The molecule has 178 valence electrons. The van der Waals surface area contributed by atoms with Gasteiger partial charge in [-0.15, -0.1) is 0 Å². The monoisotopic (exact) mass is 480 g/mol. The van der Waals surface area contributed by atoms with E-state index in [0.29, 0.717) is 22.3 Å². The summed E-state index contributed by atoms with van der Waals surface area (Å²) in [7, 11) is 0. The Morgan fingerprint density at radius 2 is 0.861 bits per heavy atom. The molecule has 0 aliphatic rings. The van der Waals surface area contributed by atoms with Gasteiger partial charge in [0.1, 0.15) is 0 Å². The number of carboxylic acid groups (broad SMARTS) is 2. The van der Waals surface area contributed by atoms with Gasteiger partial charge in [0.05, 0.1) is 22.5 Å². The second kappa shape index (κ2) is 10.4. The Labute approximate surface area is 205 Å². The van der Waals surface area contributed by atoms with Crippen LogP contribution in [-0.4, -0.2) is 34.0 Å². The van der Waals surface area contributed by atoms with Gasteiger partial charge < -0.3 is 20.8 Å². The van der Waals surface area contributed by atoms with Crippen LogP contribution in [0.15, 0.2) is 97.1 Å². The van der Waals surface area contributed by atoms with Crippen molar-refractivity contribution in [1.29, 1.82) is 0 Å². The van der Waals surface area contributed by atoms with Crippen molar-refractivity contribution in [3.05, 3.63) is 119 Å². The van der Waals surface area contributed by atoms with Crippen molar-refractivity contribution in [3.8, 4) is 11.1 Å². The predicted molar refractivity (Wildman–Crippen MR) is 135 cm³/mol. The number of carboxylic acids is 2. The van der Waals surface area contributed by atoms with Crippen LogP contribution in [0.1, 0.15) is 41.4 Å². The lowest BCUT2D eigenvalue weighted by molar-refractivity contribution is 0.0686. The first-order chi connectivity index (χ1) is 17.3. The van der Waals surface area contributed by atoms with Gasteiger partial charge in [-0.2, -0.15) is 0 Å². The molecule has 0 unspecified atom stereocenters. The number of aromatic carboxylic acids is 2. The Bertz CT molecular complexity index is 1350. The number of anilines is 2. The molecule has 4 rings (SSSR count). The summed E-state index contributed by atoms with van der Waals surface area (Å²) in [5.74, 6) is -3.44. The van der Waals surface area contributed by atoms with Crippen LogP contribution in [0.3, 0.4) is 0 Å². The van der Waals surface area contributed by atoms with E-state index >= 15 is 0 Å². The maximum atomic E-state index is 12.5. The van der Waals surface area contributed by atoms with Crippen LogP contribution in [0, 0.1) is 0 Å². The van der Waals surface area contributed by atoms with E-state index in [9.17, 15) is 29.4 Å². The Balaban J connectivity index is 1.64. The average molecular weight is 480 g/mol. The Hall–Kier alpha value is -5.24. The standard InChI is InChI=1S/C28H20N2O6/c31-25(17-7-3-1-4-8-17)29-23-13-11-19(15-21(23)27(33)34)20-12-14-24(22(16-20)28(35)36)30-26(32)18-9-5-2-6-10-18/h1-16H,(H,29,31)(H,30,32)(H,33,34)(H,35,36). The van der Waals surface area contributed by atoms with Crippen molar-refractivity contribution in [1.82, 2.24) is 0 Å². The maximum absolute atomic E-state index is 12.5. The number of benzene rings is 4. The fraction of sp³-hybridized carbons (Fsp3) is 0. The fourth-order valence-electron chi connectivity index (χ4n) is 3.59. The zero-order chi connectivity index (χ0) is 25.7. The van der Waals surface area contributed by atoms with Crippen LogP contribution >= 0.6 is 0 Å². The molecule has 0 saturated carbocycles. The lowest BCUT2D eigenvalue weighted by Gasteiger charge is -2.13. The first-order valence-electron chi connectivity index (χ1n) is 10.8. The molecular weight excluding hydrogens is 460 g/mol. The summed E-state index contributed by atoms with van der Waals surface area (Å²) in [6.45, 7) is 0. The third-order valence-electron chi connectivity index (χ3n) is 5.40. The number of carbonyl (C=O) groups is 4. The summed E-state index contributed by atoms with van der Waals surface area (Å²) in [5.41, 5.74) is 1.48. The van der Waals surface area contributed by atoms with Gasteiger partial charge in [-0.3, -0.25) is 9.59 Å². The predicted octanol–water partition coefficient (Wildman–Crippen LogP) is 5.25. The van der Waals surface area contributed by atoms with Gasteiger partial charge in [0, 0.05) is 11.1 Å². The molecule has 36 heavy (non-hydrogen) atoms. The summed E-state index contributed by atoms with van der Waals surface area (Å²) in [6, 6.07) is 25.5. The zero-order valence-corrected chi connectivity index (χ0v) is 18.8. The molecule has 0 aliphatic heterocycles. The van der Waals surface area contributed by atoms with Gasteiger partial charge in [0.2, 0.25) is 0 Å². The summed E-state index contributed by atoms with van der Waals surface area (Å²) in [6.07, 6.45) is 0. The number of carbonyl (C=O) groups excluding carboxylic acids is 2. The molecule has 0 fully saturated rings. The van der Waals surface area contributed by atoms with Gasteiger partial charge in [-0.25, -0.2) is 9.59 Å². The molecular formula is C28H20N2O6.